The van der Waals surface area contributed by atoms with Gasteiger partial charge in [-0.05, 0) is 19.8 Å². The second-order valence-electron chi connectivity index (χ2n) is 4.90. The SMILES string of the molecule is COCCNC(=O)C(C)N1CCC(OCC(=O)O)CC1. The van der Waals surface area contributed by atoms with Gasteiger partial charge in [0.15, 0.2) is 0 Å². The van der Waals surface area contributed by atoms with Gasteiger partial charge < -0.3 is 19.9 Å². The molecule has 0 spiro atoms. The third-order valence-electron chi connectivity index (χ3n) is 3.45. The Morgan fingerprint density at radius 3 is 2.60 bits per heavy atom. The standard InChI is InChI=1S/C13H24N2O5/c1-10(13(18)14-5-8-19-2)15-6-3-11(4-7-15)20-9-12(16)17/h10-11H,3-9H2,1-2H3,(H,14,18)(H,16,17). The minimum absolute atomic E-state index is 0.00745. The van der Waals surface area contributed by atoms with Crippen molar-refractivity contribution >= 4 is 11.9 Å². The minimum atomic E-state index is -0.946. The molecule has 1 aliphatic heterocycles. The van der Waals surface area contributed by atoms with Gasteiger partial charge in [0.2, 0.25) is 5.91 Å². The molecule has 1 fully saturated rings. The molecule has 1 heterocycles. The summed E-state index contributed by atoms with van der Waals surface area (Å²) < 4.78 is 10.2. The minimum Gasteiger partial charge on any atom is -0.480 e. The van der Waals surface area contributed by atoms with Crippen molar-refractivity contribution in [3.05, 3.63) is 0 Å². The topological polar surface area (TPSA) is 88.1 Å². The molecule has 1 atom stereocenters. The first-order chi connectivity index (χ1) is 9.54. The van der Waals surface area contributed by atoms with Gasteiger partial charge in [-0.2, -0.15) is 0 Å². The lowest BCUT2D eigenvalue weighted by molar-refractivity contribution is -0.145. The number of likely N-dealkylation sites (tertiary alicyclic amines) is 1. The van der Waals surface area contributed by atoms with Crippen LogP contribution in [0.1, 0.15) is 19.8 Å². The van der Waals surface area contributed by atoms with Gasteiger partial charge in [0, 0.05) is 26.7 Å². The summed E-state index contributed by atoms with van der Waals surface area (Å²) >= 11 is 0. The summed E-state index contributed by atoms with van der Waals surface area (Å²) in [5.41, 5.74) is 0. The Balaban J connectivity index is 2.25. The van der Waals surface area contributed by atoms with Crippen LogP contribution < -0.4 is 5.32 Å². The van der Waals surface area contributed by atoms with Crippen LogP contribution in [-0.2, 0) is 19.1 Å². The molecule has 1 rings (SSSR count). The van der Waals surface area contributed by atoms with Gasteiger partial charge >= 0.3 is 5.97 Å². The number of ether oxygens (including phenoxy) is 2. The molecule has 1 aliphatic rings. The van der Waals surface area contributed by atoms with Gasteiger partial charge in [0.1, 0.15) is 6.61 Å². The second-order valence-corrected chi connectivity index (χ2v) is 4.90. The highest BCUT2D eigenvalue weighted by atomic mass is 16.5. The van der Waals surface area contributed by atoms with E-state index in [4.69, 9.17) is 14.6 Å². The normalized spacial score (nSPS) is 18.7. The number of hydrogen-bond acceptors (Lipinski definition) is 5. The maximum absolute atomic E-state index is 11.9. The van der Waals surface area contributed by atoms with Crippen LogP contribution in [0.5, 0.6) is 0 Å². The molecule has 7 heteroatoms. The van der Waals surface area contributed by atoms with Gasteiger partial charge in [0.05, 0.1) is 18.8 Å². The van der Waals surface area contributed by atoms with Crippen LogP contribution in [0.4, 0.5) is 0 Å². The van der Waals surface area contributed by atoms with E-state index in [1.165, 1.54) is 0 Å². The van der Waals surface area contributed by atoms with Crippen LogP contribution in [0.25, 0.3) is 0 Å². The summed E-state index contributed by atoms with van der Waals surface area (Å²) in [6.07, 6.45) is 1.48. The molecule has 2 N–H and O–H groups in total. The Morgan fingerprint density at radius 1 is 1.40 bits per heavy atom. The van der Waals surface area contributed by atoms with Crippen LogP contribution in [0.2, 0.25) is 0 Å². The summed E-state index contributed by atoms with van der Waals surface area (Å²) in [6.45, 7) is 4.12. The van der Waals surface area contributed by atoms with Gasteiger partial charge in [-0.1, -0.05) is 0 Å². The quantitative estimate of drug-likeness (QED) is 0.596. The van der Waals surface area contributed by atoms with Gasteiger partial charge in [-0.3, -0.25) is 9.69 Å². The largest absolute Gasteiger partial charge is 0.480 e. The number of nitrogens with one attached hydrogen (secondary N) is 1. The number of nitrogens with zero attached hydrogens (tertiary/aromatic N) is 1. The lowest BCUT2D eigenvalue weighted by Gasteiger charge is -2.35. The third-order valence-corrected chi connectivity index (χ3v) is 3.45. The number of amides is 1. The number of carboxylic acid groups (broad SMARTS) is 1. The number of methoxy groups -OCH3 is 1. The summed E-state index contributed by atoms with van der Waals surface area (Å²) in [5, 5.41) is 11.4. The summed E-state index contributed by atoms with van der Waals surface area (Å²) in [5.74, 6) is -0.953. The molecule has 7 nitrogen and oxygen atoms in total. The van der Waals surface area contributed by atoms with Crippen molar-refractivity contribution in [2.75, 3.05) is 40.0 Å². The first-order valence-electron chi connectivity index (χ1n) is 6.88. The smallest absolute Gasteiger partial charge is 0.329 e. The predicted octanol–water partition coefficient (Wildman–Crippen LogP) is -0.297. The Morgan fingerprint density at radius 2 is 2.05 bits per heavy atom. The average Bonchev–Trinajstić information content (AvgIpc) is 2.45. The first-order valence-corrected chi connectivity index (χ1v) is 6.88. The maximum atomic E-state index is 11.9. The van der Waals surface area contributed by atoms with E-state index < -0.39 is 5.97 Å². The average molecular weight is 288 g/mol. The van der Waals surface area contributed by atoms with E-state index in [2.05, 4.69) is 10.2 Å². The van der Waals surface area contributed by atoms with Gasteiger partial charge in [-0.15, -0.1) is 0 Å². The Kier molecular flexibility index (Phi) is 7.50. The lowest BCUT2D eigenvalue weighted by Crippen LogP contribution is -2.49. The highest BCUT2D eigenvalue weighted by molar-refractivity contribution is 5.81. The van der Waals surface area contributed by atoms with E-state index in [9.17, 15) is 9.59 Å². The molecule has 0 aromatic carbocycles. The monoisotopic (exact) mass is 288 g/mol. The summed E-state index contributed by atoms with van der Waals surface area (Å²) in [7, 11) is 1.59. The van der Waals surface area contributed by atoms with Crippen LogP contribution in [0, 0.1) is 0 Å². The van der Waals surface area contributed by atoms with Gasteiger partial charge in [-0.25, -0.2) is 4.79 Å². The zero-order chi connectivity index (χ0) is 15.0. The number of piperidine rings is 1. The molecule has 0 aromatic rings. The maximum Gasteiger partial charge on any atom is 0.329 e. The van der Waals surface area contributed by atoms with Crippen LogP contribution >= 0.6 is 0 Å². The van der Waals surface area contributed by atoms with E-state index >= 15 is 0 Å². The third kappa shape index (κ3) is 5.85. The number of carbonyl (C=O) groups is 2. The molecular formula is C13H24N2O5. The first kappa shape index (κ1) is 16.9. The molecule has 1 unspecified atom stereocenters. The van der Waals surface area contributed by atoms with Crippen molar-refractivity contribution < 1.29 is 24.2 Å². The van der Waals surface area contributed by atoms with Crippen LogP contribution in [0.15, 0.2) is 0 Å². The fraction of sp³-hybridized carbons (Fsp3) is 0.846. The van der Waals surface area contributed by atoms with E-state index in [1.54, 1.807) is 7.11 Å². The van der Waals surface area contributed by atoms with Crippen LogP contribution in [-0.4, -0.2) is 74.0 Å². The summed E-state index contributed by atoms with van der Waals surface area (Å²) in [6, 6.07) is -0.188. The fourth-order valence-corrected chi connectivity index (χ4v) is 2.21. The molecular weight excluding hydrogens is 264 g/mol. The highest BCUT2D eigenvalue weighted by Crippen LogP contribution is 2.16. The van der Waals surface area contributed by atoms with Crippen molar-refractivity contribution in [3.63, 3.8) is 0 Å². The zero-order valence-electron chi connectivity index (χ0n) is 12.1. The highest BCUT2D eigenvalue weighted by Gasteiger charge is 2.26. The van der Waals surface area contributed by atoms with Crippen molar-refractivity contribution in [3.8, 4) is 0 Å². The van der Waals surface area contributed by atoms with Crippen LogP contribution in [0.3, 0.4) is 0 Å². The fourth-order valence-electron chi connectivity index (χ4n) is 2.21. The van der Waals surface area contributed by atoms with E-state index in [-0.39, 0.29) is 24.7 Å². The molecule has 0 radical (unpaired) electrons. The molecule has 1 amide bonds. The number of carbonyl (C=O) groups excluding carboxylic acids is 1. The van der Waals surface area contributed by atoms with Crippen molar-refractivity contribution in [1.82, 2.24) is 10.2 Å². The predicted molar refractivity (Wildman–Crippen MR) is 72.5 cm³/mol. The number of rotatable bonds is 8. The summed E-state index contributed by atoms with van der Waals surface area (Å²) in [4.78, 5) is 24.4. The van der Waals surface area contributed by atoms with E-state index in [0.717, 1.165) is 25.9 Å². The molecule has 0 aromatic heterocycles. The number of hydrogen-bond donors (Lipinski definition) is 2. The van der Waals surface area contributed by atoms with Crippen molar-refractivity contribution in [2.24, 2.45) is 0 Å². The van der Waals surface area contributed by atoms with Crippen molar-refractivity contribution in [1.29, 1.82) is 0 Å². The molecule has 116 valence electrons. The number of aliphatic carboxylic acids is 1. The molecule has 1 saturated heterocycles. The van der Waals surface area contributed by atoms with Crippen molar-refractivity contribution in [2.45, 2.75) is 31.9 Å². The molecule has 0 saturated carbocycles. The second kappa shape index (κ2) is 8.89. The number of carboxylic acids is 1. The molecule has 0 aliphatic carbocycles. The van der Waals surface area contributed by atoms with E-state index in [0.29, 0.717) is 13.2 Å². The molecule has 20 heavy (non-hydrogen) atoms. The zero-order valence-corrected chi connectivity index (χ0v) is 12.1. The molecule has 0 bridgehead atoms. The van der Waals surface area contributed by atoms with Gasteiger partial charge in [0.25, 0.3) is 0 Å². The lowest BCUT2D eigenvalue weighted by atomic mass is 10.1. The Labute approximate surface area is 119 Å². The Hall–Kier alpha value is -1.18. The Bertz CT molecular complexity index is 316. The van der Waals surface area contributed by atoms with E-state index in [1.807, 2.05) is 6.92 Å².